The molecule has 0 atom stereocenters. The summed E-state index contributed by atoms with van der Waals surface area (Å²) in [4.78, 5) is 0. The fraction of sp³-hybridized carbons (Fsp3) is 0.600. The molecule has 0 aliphatic heterocycles. The molecule has 0 aliphatic carbocycles. The van der Waals surface area contributed by atoms with Crippen LogP contribution in [-0.2, 0) is 16.1 Å². The Morgan fingerprint density at radius 2 is 2.06 bits per heavy atom. The van der Waals surface area contributed by atoms with Crippen LogP contribution in [0.3, 0.4) is 0 Å². The fourth-order valence-corrected chi connectivity index (χ4v) is 1.61. The van der Waals surface area contributed by atoms with Crippen molar-refractivity contribution in [3.05, 3.63) is 29.8 Å². The Balaban J connectivity index is 2.32. The molecule has 0 bridgehead atoms. The molecule has 18 heavy (non-hydrogen) atoms. The molecule has 0 heterocycles. The largest absolute Gasteiger partial charge is 0.385 e. The highest BCUT2D eigenvalue weighted by molar-refractivity contribution is 5.45. The monoisotopic (exact) mass is 251 g/mol. The standard InChI is InChI=1S/C15H25NO2/c1-13(2)7-8-16-15-6-4-5-14(11-15)12-18-10-9-17-3/h4-6,11,13,16H,7-10,12H2,1-3H3. The first kappa shape index (κ1) is 15.0. The number of benzene rings is 1. The Bertz CT molecular complexity index is 326. The second-order valence-electron chi connectivity index (χ2n) is 4.86. The first-order valence-corrected chi connectivity index (χ1v) is 6.62. The van der Waals surface area contributed by atoms with Crippen molar-refractivity contribution in [2.75, 3.05) is 32.2 Å². The van der Waals surface area contributed by atoms with Gasteiger partial charge in [-0.25, -0.2) is 0 Å². The van der Waals surface area contributed by atoms with Crippen molar-refractivity contribution >= 4 is 5.69 Å². The molecule has 1 rings (SSSR count). The van der Waals surface area contributed by atoms with Crippen LogP contribution < -0.4 is 5.32 Å². The molecule has 0 fully saturated rings. The van der Waals surface area contributed by atoms with Gasteiger partial charge in [0.15, 0.2) is 0 Å². The first-order valence-electron chi connectivity index (χ1n) is 6.62. The summed E-state index contributed by atoms with van der Waals surface area (Å²) in [6.45, 7) is 7.42. The minimum atomic E-state index is 0.640. The Labute approximate surface area is 110 Å². The van der Waals surface area contributed by atoms with Gasteiger partial charge in [-0.3, -0.25) is 0 Å². The van der Waals surface area contributed by atoms with Gasteiger partial charge in [0.1, 0.15) is 0 Å². The Morgan fingerprint density at radius 3 is 2.78 bits per heavy atom. The van der Waals surface area contributed by atoms with E-state index in [-0.39, 0.29) is 0 Å². The summed E-state index contributed by atoms with van der Waals surface area (Å²) in [7, 11) is 1.68. The molecule has 1 aromatic rings. The van der Waals surface area contributed by atoms with Gasteiger partial charge < -0.3 is 14.8 Å². The number of methoxy groups -OCH3 is 1. The Hall–Kier alpha value is -1.06. The predicted octanol–water partition coefficient (Wildman–Crippen LogP) is 3.31. The van der Waals surface area contributed by atoms with Crippen LogP contribution >= 0.6 is 0 Å². The number of nitrogens with one attached hydrogen (secondary N) is 1. The van der Waals surface area contributed by atoms with E-state index >= 15 is 0 Å². The highest BCUT2D eigenvalue weighted by Gasteiger charge is 1.98. The molecule has 0 aromatic heterocycles. The van der Waals surface area contributed by atoms with E-state index < -0.39 is 0 Å². The second-order valence-corrected chi connectivity index (χ2v) is 4.86. The number of hydrogen-bond acceptors (Lipinski definition) is 3. The summed E-state index contributed by atoms with van der Waals surface area (Å²) < 4.78 is 10.4. The van der Waals surface area contributed by atoms with Gasteiger partial charge in [-0.2, -0.15) is 0 Å². The van der Waals surface area contributed by atoms with E-state index in [0.717, 1.165) is 12.5 Å². The van der Waals surface area contributed by atoms with Crippen molar-refractivity contribution in [2.24, 2.45) is 5.92 Å². The maximum Gasteiger partial charge on any atom is 0.0718 e. The fourth-order valence-electron chi connectivity index (χ4n) is 1.61. The zero-order valence-electron chi connectivity index (χ0n) is 11.7. The summed E-state index contributed by atoms with van der Waals surface area (Å²) in [5, 5.41) is 3.44. The van der Waals surface area contributed by atoms with Gasteiger partial charge in [0.25, 0.3) is 0 Å². The summed E-state index contributed by atoms with van der Waals surface area (Å²) in [5.41, 5.74) is 2.36. The third-order valence-corrected chi connectivity index (χ3v) is 2.68. The summed E-state index contributed by atoms with van der Waals surface area (Å²) in [6.07, 6.45) is 1.19. The molecule has 0 radical (unpaired) electrons. The molecule has 0 saturated heterocycles. The lowest BCUT2D eigenvalue weighted by Crippen LogP contribution is -2.05. The summed E-state index contributed by atoms with van der Waals surface area (Å²) in [6, 6.07) is 8.39. The zero-order valence-corrected chi connectivity index (χ0v) is 11.7. The minimum Gasteiger partial charge on any atom is -0.385 e. The van der Waals surface area contributed by atoms with E-state index in [0.29, 0.717) is 19.8 Å². The molecule has 0 amide bonds. The molecule has 0 aliphatic rings. The van der Waals surface area contributed by atoms with Crippen molar-refractivity contribution in [3.63, 3.8) is 0 Å². The number of hydrogen-bond donors (Lipinski definition) is 1. The van der Waals surface area contributed by atoms with Crippen LogP contribution in [-0.4, -0.2) is 26.9 Å². The molecular formula is C15H25NO2. The number of anilines is 1. The van der Waals surface area contributed by atoms with E-state index in [1.807, 2.05) is 0 Å². The predicted molar refractivity (Wildman–Crippen MR) is 75.9 cm³/mol. The van der Waals surface area contributed by atoms with E-state index in [4.69, 9.17) is 9.47 Å². The average molecular weight is 251 g/mol. The average Bonchev–Trinajstić information content (AvgIpc) is 2.35. The zero-order chi connectivity index (χ0) is 13.2. The summed E-state index contributed by atoms with van der Waals surface area (Å²) in [5.74, 6) is 0.734. The molecule has 3 heteroatoms. The SMILES string of the molecule is COCCOCc1cccc(NCCC(C)C)c1. The number of ether oxygens (including phenoxy) is 2. The van der Waals surface area contributed by atoms with E-state index in [2.05, 4.69) is 43.4 Å². The van der Waals surface area contributed by atoms with Crippen molar-refractivity contribution in [2.45, 2.75) is 26.9 Å². The van der Waals surface area contributed by atoms with Gasteiger partial charge in [0, 0.05) is 19.3 Å². The molecule has 0 unspecified atom stereocenters. The lowest BCUT2D eigenvalue weighted by atomic mass is 10.1. The minimum absolute atomic E-state index is 0.640. The Kier molecular flexibility index (Phi) is 7.46. The van der Waals surface area contributed by atoms with Gasteiger partial charge in [-0.1, -0.05) is 26.0 Å². The maximum absolute atomic E-state index is 5.51. The van der Waals surface area contributed by atoms with Crippen LogP contribution in [0.15, 0.2) is 24.3 Å². The Morgan fingerprint density at radius 1 is 1.22 bits per heavy atom. The molecular weight excluding hydrogens is 226 g/mol. The van der Waals surface area contributed by atoms with Gasteiger partial charge in [-0.15, -0.1) is 0 Å². The topological polar surface area (TPSA) is 30.5 Å². The molecule has 0 spiro atoms. The van der Waals surface area contributed by atoms with Gasteiger partial charge in [0.2, 0.25) is 0 Å². The van der Waals surface area contributed by atoms with E-state index in [9.17, 15) is 0 Å². The lowest BCUT2D eigenvalue weighted by Gasteiger charge is -2.10. The maximum atomic E-state index is 5.51. The molecule has 1 aromatic carbocycles. The quantitative estimate of drug-likeness (QED) is 0.683. The van der Waals surface area contributed by atoms with Crippen LogP contribution in [0.25, 0.3) is 0 Å². The van der Waals surface area contributed by atoms with Crippen LogP contribution in [0.2, 0.25) is 0 Å². The van der Waals surface area contributed by atoms with Crippen LogP contribution in [0.4, 0.5) is 5.69 Å². The molecule has 1 N–H and O–H groups in total. The van der Waals surface area contributed by atoms with E-state index in [1.165, 1.54) is 17.7 Å². The normalized spacial score (nSPS) is 10.9. The molecule has 3 nitrogen and oxygen atoms in total. The highest BCUT2D eigenvalue weighted by Crippen LogP contribution is 2.12. The first-order chi connectivity index (χ1) is 8.72. The second kappa shape index (κ2) is 8.95. The third-order valence-electron chi connectivity index (χ3n) is 2.68. The molecule has 0 saturated carbocycles. The van der Waals surface area contributed by atoms with Gasteiger partial charge >= 0.3 is 0 Å². The summed E-state index contributed by atoms with van der Waals surface area (Å²) >= 11 is 0. The lowest BCUT2D eigenvalue weighted by molar-refractivity contribution is 0.0617. The van der Waals surface area contributed by atoms with Crippen molar-refractivity contribution < 1.29 is 9.47 Å². The van der Waals surface area contributed by atoms with Crippen LogP contribution in [0.1, 0.15) is 25.8 Å². The number of rotatable bonds is 9. The van der Waals surface area contributed by atoms with Crippen molar-refractivity contribution in [3.8, 4) is 0 Å². The van der Waals surface area contributed by atoms with E-state index in [1.54, 1.807) is 7.11 Å². The van der Waals surface area contributed by atoms with Crippen molar-refractivity contribution in [1.82, 2.24) is 0 Å². The highest BCUT2D eigenvalue weighted by atomic mass is 16.5. The molecule has 102 valence electrons. The van der Waals surface area contributed by atoms with Gasteiger partial charge in [-0.05, 0) is 30.0 Å². The third kappa shape index (κ3) is 6.62. The van der Waals surface area contributed by atoms with Crippen LogP contribution in [0, 0.1) is 5.92 Å². The van der Waals surface area contributed by atoms with Crippen molar-refractivity contribution in [1.29, 1.82) is 0 Å². The van der Waals surface area contributed by atoms with Gasteiger partial charge in [0.05, 0.1) is 19.8 Å². The smallest absolute Gasteiger partial charge is 0.0718 e. The van der Waals surface area contributed by atoms with Crippen LogP contribution in [0.5, 0.6) is 0 Å².